The van der Waals surface area contributed by atoms with Gasteiger partial charge in [-0.3, -0.25) is 4.79 Å². The van der Waals surface area contributed by atoms with Crippen LogP contribution in [0.2, 0.25) is 5.02 Å². The van der Waals surface area contributed by atoms with Crippen LogP contribution in [0.1, 0.15) is 10.4 Å². The van der Waals surface area contributed by atoms with Crippen LogP contribution in [0.4, 0.5) is 0 Å². The van der Waals surface area contributed by atoms with Crippen LogP contribution < -0.4 is 0 Å². The molecule has 2 rings (SSSR count). The molecule has 3 nitrogen and oxygen atoms in total. The lowest BCUT2D eigenvalue weighted by Gasteiger charge is -1.95. The number of nitrogens with zero attached hydrogens (tertiary/aromatic N) is 1. The zero-order valence-electron chi connectivity index (χ0n) is 7.11. The van der Waals surface area contributed by atoms with Crippen LogP contribution in [0.5, 0.6) is 0 Å². The summed E-state index contributed by atoms with van der Waals surface area (Å²) in [5, 5.41) is 4.21. The Morgan fingerprint density at radius 3 is 2.50 bits per heavy atom. The Kier molecular flexibility index (Phi) is 2.33. The van der Waals surface area contributed by atoms with E-state index in [0.29, 0.717) is 16.3 Å². The fourth-order valence-corrected chi connectivity index (χ4v) is 1.32. The molecule has 2 aromatic rings. The smallest absolute Gasteiger partial charge is 0.150 e. The van der Waals surface area contributed by atoms with Gasteiger partial charge in [-0.25, -0.2) is 0 Å². The summed E-state index contributed by atoms with van der Waals surface area (Å²) in [6.07, 6.45) is 2.15. The third kappa shape index (κ3) is 1.54. The van der Waals surface area contributed by atoms with Gasteiger partial charge in [-0.1, -0.05) is 41.0 Å². The van der Waals surface area contributed by atoms with Crippen molar-refractivity contribution in [2.45, 2.75) is 0 Å². The standard InChI is InChI=1S/C10H6ClNO2/c11-9-6-14-12-10(9)8-3-1-7(5-13)2-4-8/h1-6H. The van der Waals surface area contributed by atoms with E-state index in [9.17, 15) is 4.79 Å². The van der Waals surface area contributed by atoms with Crippen LogP contribution in [-0.4, -0.2) is 11.4 Å². The molecule has 0 N–H and O–H groups in total. The van der Waals surface area contributed by atoms with Gasteiger partial charge < -0.3 is 4.52 Å². The van der Waals surface area contributed by atoms with E-state index in [1.165, 1.54) is 6.26 Å². The molecule has 0 amide bonds. The van der Waals surface area contributed by atoms with Crippen molar-refractivity contribution in [2.24, 2.45) is 0 Å². The Morgan fingerprint density at radius 2 is 2.00 bits per heavy atom. The number of aromatic nitrogens is 1. The van der Waals surface area contributed by atoms with Crippen LogP contribution in [0.3, 0.4) is 0 Å². The van der Waals surface area contributed by atoms with Crippen molar-refractivity contribution < 1.29 is 9.32 Å². The lowest BCUT2D eigenvalue weighted by Crippen LogP contribution is -1.81. The van der Waals surface area contributed by atoms with Crippen molar-refractivity contribution in [2.75, 3.05) is 0 Å². The SMILES string of the molecule is O=Cc1ccc(-c2nocc2Cl)cc1. The number of aldehydes is 1. The summed E-state index contributed by atoms with van der Waals surface area (Å²) < 4.78 is 4.70. The highest BCUT2D eigenvalue weighted by Crippen LogP contribution is 2.25. The molecule has 0 bridgehead atoms. The van der Waals surface area contributed by atoms with Gasteiger partial charge in [-0.2, -0.15) is 0 Å². The van der Waals surface area contributed by atoms with Gasteiger partial charge >= 0.3 is 0 Å². The van der Waals surface area contributed by atoms with Crippen LogP contribution >= 0.6 is 11.6 Å². The van der Waals surface area contributed by atoms with E-state index < -0.39 is 0 Å². The maximum atomic E-state index is 10.4. The van der Waals surface area contributed by atoms with Gasteiger partial charge in [0.25, 0.3) is 0 Å². The first kappa shape index (κ1) is 8.97. The zero-order chi connectivity index (χ0) is 9.97. The Balaban J connectivity index is 2.43. The van der Waals surface area contributed by atoms with Gasteiger partial charge in [0.15, 0.2) is 0 Å². The average Bonchev–Trinajstić information content (AvgIpc) is 2.65. The normalized spacial score (nSPS) is 10.1. The van der Waals surface area contributed by atoms with Gasteiger partial charge in [-0.15, -0.1) is 0 Å². The van der Waals surface area contributed by atoms with Gasteiger partial charge in [0.05, 0.1) is 0 Å². The predicted octanol–water partition coefficient (Wildman–Crippen LogP) is 2.81. The number of carbonyl (C=O) groups excluding carboxylic acids is 1. The summed E-state index contributed by atoms with van der Waals surface area (Å²) in [5.74, 6) is 0. The van der Waals surface area contributed by atoms with Crippen LogP contribution in [0.25, 0.3) is 11.3 Å². The third-order valence-electron chi connectivity index (χ3n) is 1.85. The van der Waals surface area contributed by atoms with E-state index in [4.69, 9.17) is 16.1 Å². The highest BCUT2D eigenvalue weighted by Gasteiger charge is 2.07. The molecular weight excluding hydrogens is 202 g/mol. The summed E-state index contributed by atoms with van der Waals surface area (Å²) in [5.41, 5.74) is 2.03. The molecule has 0 spiro atoms. The van der Waals surface area contributed by atoms with E-state index in [1.807, 2.05) is 0 Å². The number of hydrogen-bond donors (Lipinski definition) is 0. The molecule has 1 aromatic heterocycles. The van der Waals surface area contributed by atoms with Crippen molar-refractivity contribution in [1.29, 1.82) is 0 Å². The first-order chi connectivity index (χ1) is 6.81. The van der Waals surface area contributed by atoms with Crippen LogP contribution in [0, 0.1) is 0 Å². The van der Waals surface area contributed by atoms with Crippen molar-refractivity contribution in [1.82, 2.24) is 5.16 Å². The molecule has 0 saturated heterocycles. The zero-order valence-corrected chi connectivity index (χ0v) is 7.86. The number of halogens is 1. The second-order valence-electron chi connectivity index (χ2n) is 2.75. The van der Waals surface area contributed by atoms with Crippen molar-refractivity contribution in [3.8, 4) is 11.3 Å². The molecule has 0 atom stereocenters. The van der Waals surface area contributed by atoms with Crippen molar-refractivity contribution in [3.63, 3.8) is 0 Å². The molecule has 0 saturated carbocycles. The van der Waals surface area contributed by atoms with Crippen molar-refractivity contribution in [3.05, 3.63) is 41.1 Å². The van der Waals surface area contributed by atoms with E-state index in [0.717, 1.165) is 11.8 Å². The van der Waals surface area contributed by atoms with Gasteiger partial charge in [0, 0.05) is 11.1 Å². The average molecular weight is 208 g/mol. The largest absolute Gasteiger partial charge is 0.363 e. The summed E-state index contributed by atoms with van der Waals surface area (Å²) in [4.78, 5) is 10.4. The molecule has 1 aromatic carbocycles. The minimum Gasteiger partial charge on any atom is -0.363 e. The number of carbonyl (C=O) groups is 1. The first-order valence-electron chi connectivity index (χ1n) is 3.97. The monoisotopic (exact) mass is 207 g/mol. The number of benzene rings is 1. The highest BCUT2D eigenvalue weighted by molar-refractivity contribution is 6.32. The Morgan fingerprint density at radius 1 is 1.29 bits per heavy atom. The maximum Gasteiger partial charge on any atom is 0.150 e. The lowest BCUT2D eigenvalue weighted by molar-refractivity contribution is 0.112. The molecule has 0 fully saturated rings. The molecule has 70 valence electrons. The van der Waals surface area contributed by atoms with Gasteiger partial charge in [-0.05, 0) is 0 Å². The molecule has 0 unspecified atom stereocenters. The number of rotatable bonds is 2. The topological polar surface area (TPSA) is 43.1 Å². The van der Waals surface area contributed by atoms with E-state index in [1.54, 1.807) is 24.3 Å². The number of hydrogen-bond acceptors (Lipinski definition) is 3. The molecule has 0 aliphatic rings. The summed E-state index contributed by atoms with van der Waals surface area (Å²) in [7, 11) is 0. The second kappa shape index (κ2) is 3.64. The second-order valence-corrected chi connectivity index (χ2v) is 3.16. The van der Waals surface area contributed by atoms with E-state index in [-0.39, 0.29) is 0 Å². The Bertz CT molecular complexity index is 447. The summed E-state index contributed by atoms with van der Waals surface area (Å²) in [6.45, 7) is 0. The van der Waals surface area contributed by atoms with E-state index in [2.05, 4.69) is 5.16 Å². The molecule has 0 aliphatic carbocycles. The Hall–Kier alpha value is -1.61. The first-order valence-corrected chi connectivity index (χ1v) is 4.34. The quantitative estimate of drug-likeness (QED) is 0.712. The summed E-state index contributed by atoms with van der Waals surface area (Å²) >= 11 is 5.82. The van der Waals surface area contributed by atoms with Gasteiger partial charge in [0.2, 0.25) is 0 Å². The minimum absolute atomic E-state index is 0.462. The van der Waals surface area contributed by atoms with Gasteiger partial charge in [0.1, 0.15) is 23.3 Å². The molecule has 4 heteroatoms. The van der Waals surface area contributed by atoms with E-state index >= 15 is 0 Å². The van der Waals surface area contributed by atoms with Crippen molar-refractivity contribution >= 4 is 17.9 Å². The minimum atomic E-state index is 0.462. The lowest BCUT2D eigenvalue weighted by atomic mass is 10.1. The molecule has 1 heterocycles. The molecule has 14 heavy (non-hydrogen) atoms. The third-order valence-corrected chi connectivity index (χ3v) is 2.11. The fourth-order valence-electron chi connectivity index (χ4n) is 1.13. The Labute approximate surface area is 85.3 Å². The molecular formula is C10H6ClNO2. The summed E-state index contributed by atoms with van der Waals surface area (Å²) in [6, 6.07) is 6.95. The molecule has 0 aliphatic heterocycles. The van der Waals surface area contributed by atoms with Crippen LogP contribution in [-0.2, 0) is 0 Å². The molecule has 0 radical (unpaired) electrons. The maximum absolute atomic E-state index is 10.4. The predicted molar refractivity (Wildman–Crippen MR) is 52.3 cm³/mol. The highest BCUT2D eigenvalue weighted by atomic mass is 35.5. The van der Waals surface area contributed by atoms with Crippen LogP contribution in [0.15, 0.2) is 35.1 Å². The fraction of sp³-hybridized carbons (Fsp3) is 0.